The summed E-state index contributed by atoms with van der Waals surface area (Å²) in [7, 11) is 0. The summed E-state index contributed by atoms with van der Waals surface area (Å²) < 4.78 is 0. The van der Waals surface area contributed by atoms with Crippen molar-refractivity contribution >= 4 is 5.97 Å². The zero-order chi connectivity index (χ0) is 14.2. The Kier molecular flexibility index (Phi) is 13.6. The van der Waals surface area contributed by atoms with Gasteiger partial charge in [-0.3, -0.25) is 4.79 Å². The highest BCUT2D eigenvalue weighted by molar-refractivity contribution is 5.66. The van der Waals surface area contributed by atoms with E-state index in [1.54, 1.807) is 0 Å². The molecule has 0 atom stereocenters. The lowest BCUT2D eigenvalue weighted by atomic mass is 10.1. The molecule has 0 spiro atoms. The Hall–Kier alpha value is -1.41. The molecule has 0 saturated carbocycles. The van der Waals surface area contributed by atoms with Gasteiger partial charge in [0.05, 0.1) is 0 Å². The molecule has 0 bridgehead atoms. The smallest absolute Gasteiger partial charge is 0.303 e. The van der Waals surface area contributed by atoms with Crippen LogP contribution in [0.2, 0.25) is 0 Å². The molecule has 2 nitrogen and oxygen atoms in total. The van der Waals surface area contributed by atoms with Crippen LogP contribution < -0.4 is 0 Å². The molecule has 0 radical (unpaired) electrons. The van der Waals surface area contributed by atoms with Crippen molar-refractivity contribution in [3.05, 3.63) is 0 Å². The van der Waals surface area contributed by atoms with Crippen LogP contribution in [0.4, 0.5) is 0 Å². The van der Waals surface area contributed by atoms with Crippen molar-refractivity contribution in [1.29, 1.82) is 0 Å². The minimum atomic E-state index is -0.730. The largest absolute Gasteiger partial charge is 0.481 e. The maximum absolute atomic E-state index is 10.3. The summed E-state index contributed by atoms with van der Waals surface area (Å²) in [4.78, 5) is 10.3. The first-order valence-corrected chi connectivity index (χ1v) is 7.45. The highest BCUT2D eigenvalue weighted by atomic mass is 16.4. The Morgan fingerprint density at radius 3 is 1.95 bits per heavy atom. The lowest BCUT2D eigenvalue weighted by Gasteiger charge is -1.96. The molecule has 106 valence electrons. The van der Waals surface area contributed by atoms with Gasteiger partial charge in [-0.05, 0) is 31.1 Å². The van der Waals surface area contributed by atoms with E-state index in [9.17, 15) is 4.79 Å². The van der Waals surface area contributed by atoms with Gasteiger partial charge in [0, 0.05) is 19.3 Å². The third-order valence-corrected chi connectivity index (χ3v) is 2.84. The predicted octanol–water partition coefficient (Wildman–Crippen LogP) is 4.39. The Morgan fingerprint density at radius 2 is 1.37 bits per heavy atom. The Bertz CT molecular complexity index is 336. The van der Waals surface area contributed by atoms with Gasteiger partial charge < -0.3 is 5.11 Å². The van der Waals surface area contributed by atoms with E-state index in [1.807, 2.05) is 0 Å². The van der Waals surface area contributed by atoms with Gasteiger partial charge >= 0.3 is 5.97 Å². The summed E-state index contributed by atoms with van der Waals surface area (Å²) in [6.45, 7) is 2.23. The highest BCUT2D eigenvalue weighted by Gasteiger charge is 1.93. The first-order valence-electron chi connectivity index (χ1n) is 7.45. The van der Waals surface area contributed by atoms with Crippen molar-refractivity contribution in [2.45, 2.75) is 77.6 Å². The lowest BCUT2D eigenvalue weighted by Crippen LogP contribution is -1.92. The van der Waals surface area contributed by atoms with E-state index in [0.717, 1.165) is 19.3 Å². The van der Waals surface area contributed by atoms with Crippen molar-refractivity contribution in [2.24, 2.45) is 0 Å². The number of carboxylic acid groups (broad SMARTS) is 1. The molecular weight excluding hydrogens is 236 g/mol. The van der Waals surface area contributed by atoms with E-state index >= 15 is 0 Å². The van der Waals surface area contributed by atoms with Crippen molar-refractivity contribution in [1.82, 2.24) is 0 Å². The first-order chi connectivity index (χ1) is 9.27. The van der Waals surface area contributed by atoms with Crippen LogP contribution in [0.1, 0.15) is 77.6 Å². The normalized spacial score (nSPS) is 9.11. The molecular formula is C17H26O2. The number of carbonyl (C=O) groups is 1. The van der Waals surface area contributed by atoms with Crippen LogP contribution in [0, 0.1) is 23.7 Å². The van der Waals surface area contributed by atoms with Gasteiger partial charge in [0.25, 0.3) is 0 Å². The SMILES string of the molecule is CCCCCCCCC#CC#CCCCCC(=O)O. The average molecular weight is 262 g/mol. The van der Waals surface area contributed by atoms with E-state index in [0.29, 0.717) is 6.42 Å². The van der Waals surface area contributed by atoms with E-state index < -0.39 is 5.97 Å². The molecule has 0 heterocycles. The topological polar surface area (TPSA) is 37.3 Å². The molecule has 0 fully saturated rings. The van der Waals surface area contributed by atoms with Gasteiger partial charge in [-0.15, -0.1) is 0 Å². The number of rotatable bonds is 10. The van der Waals surface area contributed by atoms with Gasteiger partial charge in [-0.2, -0.15) is 0 Å². The maximum Gasteiger partial charge on any atom is 0.303 e. The van der Waals surface area contributed by atoms with Crippen LogP contribution in [0.5, 0.6) is 0 Å². The van der Waals surface area contributed by atoms with Crippen LogP contribution in [0.25, 0.3) is 0 Å². The van der Waals surface area contributed by atoms with Crippen LogP contribution >= 0.6 is 0 Å². The minimum absolute atomic E-state index is 0.241. The van der Waals surface area contributed by atoms with Crippen LogP contribution in [-0.2, 0) is 4.79 Å². The maximum atomic E-state index is 10.3. The number of unbranched alkanes of at least 4 members (excludes halogenated alkanes) is 8. The fourth-order valence-electron chi connectivity index (χ4n) is 1.70. The Labute approximate surface area is 118 Å². The summed E-state index contributed by atoms with van der Waals surface area (Å²) in [5, 5.41) is 8.45. The third kappa shape index (κ3) is 16.6. The highest BCUT2D eigenvalue weighted by Crippen LogP contribution is 2.05. The van der Waals surface area contributed by atoms with Gasteiger partial charge in [-0.1, -0.05) is 50.9 Å². The second-order valence-corrected chi connectivity index (χ2v) is 4.72. The minimum Gasteiger partial charge on any atom is -0.481 e. The first kappa shape index (κ1) is 17.6. The molecule has 1 N–H and O–H groups in total. The van der Waals surface area contributed by atoms with Crippen LogP contribution in [-0.4, -0.2) is 11.1 Å². The molecule has 0 amide bonds. The third-order valence-electron chi connectivity index (χ3n) is 2.84. The Morgan fingerprint density at radius 1 is 0.842 bits per heavy atom. The standard InChI is InChI=1S/C17H26O2/c1-2-3-4-5-6-7-8-9-10-11-12-13-14-15-16-17(18)19/h2-8,13-16H2,1H3,(H,18,19). The number of carboxylic acids is 1. The van der Waals surface area contributed by atoms with Crippen LogP contribution in [0.3, 0.4) is 0 Å². The van der Waals surface area contributed by atoms with Gasteiger partial charge in [0.2, 0.25) is 0 Å². The molecule has 0 aliphatic carbocycles. The summed E-state index contributed by atoms with van der Waals surface area (Å²) in [5.41, 5.74) is 0. The molecule has 0 aromatic carbocycles. The van der Waals surface area contributed by atoms with Gasteiger partial charge in [0.15, 0.2) is 0 Å². The molecule has 0 aliphatic heterocycles. The fraction of sp³-hybridized carbons (Fsp3) is 0.706. The van der Waals surface area contributed by atoms with Crippen molar-refractivity contribution in [2.75, 3.05) is 0 Å². The molecule has 0 unspecified atom stereocenters. The van der Waals surface area contributed by atoms with Crippen molar-refractivity contribution < 1.29 is 9.90 Å². The number of hydrogen-bond donors (Lipinski definition) is 1. The zero-order valence-corrected chi connectivity index (χ0v) is 12.1. The predicted molar refractivity (Wildman–Crippen MR) is 79.6 cm³/mol. The summed E-state index contributed by atoms with van der Waals surface area (Å²) in [5.74, 6) is 11.0. The molecule has 0 aliphatic rings. The molecule has 2 heteroatoms. The summed E-state index contributed by atoms with van der Waals surface area (Å²) >= 11 is 0. The van der Waals surface area contributed by atoms with E-state index in [4.69, 9.17) is 5.11 Å². The molecule has 0 aromatic rings. The summed E-state index contributed by atoms with van der Waals surface area (Å²) in [6, 6.07) is 0. The monoisotopic (exact) mass is 262 g/mol. The molecule has 19 heavy (non-hydrogen) atoms. The quantitative estimate of drug-likeness (QED) is 0.468. The second kappa shape index (κ2) is 14.7. The molecule has 0 saturated heterocycles. The fourth-order valence-corrected chi connectivity index (χ4v) is 1.70. The number of hydrogen-bond acceptors (Lipinski definition) is 1. The van der Waals surface area contributed by atoms with Gasteiger partial charge in [0.1, 0.15) is 0 Å². The molecule has 0 aromatic heterocycles. The Balaban J connectivity index is 3.32. The molecule has 0 rings (SSSR count). The van der Waals surface area contributed by atoms with E-state index in [2.05, 4.69) is 30.6 Å². The summed E-state index contributed by atoms with van der Waals surface area (Å²) in [6.07, 6.45) is 11.2. The lowest BCUT2D eigenvalue weighted by molar-refractivity contribution is -0.137. The number of aliphatic carboxylic acids is 1. The van der Waals surface area contributed by atoms with Crippen molar-refractivity contribution in [3.8, 4) is 23.7 Å². The van der Waals surface area contributed by atoms with E-state index in [-0.39, 0.29) is 6.42 Å². The zero-order valence-electron chi connectivity index (χ0n) is 12.1. The second-order valence-electron chi connectivity index (χ2n) is 4.72. The average Bonchev–Trinajstić information content (AvgIpc) is 2.39. The van der Waals surface area contributed by atoms with Gasteiger partial charge in [-0.25, -0.2) is 0 Å². The van der Waals surface area contributed by atoms with Crippen molar-refractivity contribution in [3.63, 3.8) is 0 Å². The van der Waals surface area contributed by atoms with E-state index in [1.165, 1.54) is 38.5 Å². The van der Waals surface area contributed by atoms with Crippen LogP contribution in [0.15, 0.2) is 0 Å².